The van der Waals surface area contributed by atoms with Gasteiger partial charge in [0.25, 0.3) is 0 Å². The van der Waals surface area contributed by atoms with E-state index >= 15 is 0 Å². The highest BCUT2D eigenvalue weighted by molar-refractivity contribution is 9.10. The van der Waals surface area contributed by atoms with E-state index in [4.69, 9.17) is 11.6 Å². The fourth-order valence-corrected chi connectivity index (χ4v) is 1.42. The first-order valence-electron chi connectivity index (χ1n) is 4.06. The van der Waals surface area contributed by atoms with E-state index in [9.17, 15) is 0 Å². The molecule has 0 saturated carbocycles. The Balaban J connectivity index is 0.000000146. The molecule has 0 spiro atoms. The Morgan fingerprint density at radius 1 is 1.00 bits per heavy atom. The second-order valence-corrected chi connectivity index (χ2v) is 3.70. The van der Waals surface area contributed by atoms with Crippen molar-refractivity contribution in [3.8, 4) is 0 Å². The SMILES string of the molecule is Clc1ccnc(Br)c1.c1ccccc1. The van der Waals surface area contributed by atoms with E-state index in [1.54, 1.807) is 18.3 Å². The number of hydrogen-bond acceptors (Lipinski definition) is 1. The number of halogens is 2. The Hall–Kier alpha value is -0.860. The highest BCUT2D eigenvalue weighted by Crippen LogP contribution is 2.11. The predicted molar refractivity (Wildman–Crippen MR) is 63.4 cm³/mol. The Labute approximate surface area is 96.9 Å². The average molecular weight is 271 g/mol. The largest absolute Gasteiger partial charge is 0.249 e. The Kier molecular flexibility index (Phi) is 5.27. The van der Waals surface area contributed by atoms with Crippen LogP contribution in [0.1, 0.15) is 0 Å². The minimum atomic E-state index is 0.701. The van der Waals surface area contributed by atoms with Crippen molar-refractivity contribution in [1.29, 1.82) is 0 Å². The summed E-state index contributed by atoms with van der Waals surface area (Å²) in [5, 5.41) is 0.701. The van der Waals surface area contributed by atoms with Crippen LogP contribution in [0.15, 0.2) is 59.3 Å². The van der Waals surface area contributed by atoms with Gasteiger partial charge in [-0.1, -0.05) is 48.0 Å². The summed E-state index contributed by atoms with van der Waals surface area (Å²) in [7, 11) is 0. The van der Waals surface area contributed by atoms with Gasteiger partial charge in [0.05, 0.1) is 0 Å². The lowest BCUT2D eigenvalue weighted by atomic mass is 10.4. The molecule has 0 saturated heterocycles. The van der Waals surface area contributed by atoms with Crippen molar-refractivity contribution >= 4 is 27.5 Å². The molecular formula is C11H9BrClN. The van der Waals surface area contributed by atoms with Crippen molar-refractivity contribution in [2.24, 2.45) is 0 Å². The van der Waals surface area contributed by atoms with Crippen molar-refractivity contribution in [3.63, 3.8) is 0 Å². The first-order chi connectivity index (χ1) is 6.79. The molecule has 3 heteroatoms. The van der Waals surface area contributed by atoms with Gasteiger partial charge in [-0.05, 0) is 28.1 Å². The highest BCUT2D eigenvalue weighted by atomic mass is 79.9. The van der Waals surface area contributed by atoms with E-state index in [1.165, 1.54) is 0 Å². The number of aromatic nitrogens is 1. The molecule has 0 fully saturated rings. The number of rotatable bonds is 0. The topological polar surface area (TPSA) is 12.9 Å². The molecule has 2 rings (SSSR count). The average Bonchev–Trinajstić information content (AvgIpc) is 2.21. The highest BCUT2D eigenvalue weighted by Gasteiger charge is 1.86. The van der Waals surface area contributed by atoms with Crippen LogP contribution in [0.4, 0.5) is 0 Å². The molecule has 0 aliphatic carbocycles. The molecule has 72 valence electrons. The smallest absolute Gasteiger partial charge is 0.107 e. The summed E-state index contributed by atoms with van der Waals surface area (Å²) in [5.74, 6) is 0. The molecule has 1 aromatic heterocycles. The number of pyridine rings is 1. The first-order valence-corrected chi connectivity index (χ1v) is 5.23. The molecule has 1 nitrogen and oxygen atoms in total. The van der Waals surface area contributed by atoms with Gasteiger partial charge in [0.2, 0.25) is 0 Å². The molecular weight excluding hydrogens is 261 g/mol. The third kappa shape index (κ3) is 5.00. The van der Waals surface area contributed by atoms with Gasteiger partial charge in [-0.15, -0.1) is 0 Å². The van der Waals surface area contributed by atoms with Crippen molar-refractivity contribution < 1.29 is 0 Å². The molecule has 14 heavy (non-hydrogen) atoms. The molecule has 0 bridgehead atoms. The molecule has 0 radical (unpaired) electrons. The van der Waals surface area contributed by atoms with Crippen LogP contribution < -0.4 is 0 Å². The molecule has 0 N–H and O–H groups in total. The second-order valence-electron chi connectivity index (χ2n) is 2.45. The lowest BCUT2D eigenvalue weighted by Gasteiger charge is -1.86. The number of hydrogen-bond donors (Lipinski definition) is 0. The van der Waals surface area contributed by atoms with Gasteiger partial charge < -0.3 is 0 Å². The quantitative estimate of drug-likeness (QED) is 0.654. The van der Waals surface area contributed by atoms with Crippen LogP contribution in [0, 0.1) is 0 Å². The maximum Gasteiger partial charge on any atom is 0.107 e. The minimum absolute atomic E-state index is 0.701. The molecule has 0 unspecified atom stereocenters. The van der Waals surface area contributed by atoms with E-state index in [1.807, 2.05) is 36.4 Å². The standard InChI is InChI=1S/C6H6.C5H3BrClN/c1-2-4-6-5-3-1;6-5-3-4(7)1-2-8-5/h1-6H;1-3H. The van der Waals surface area contributed by atoms with Gasteiger partial charge in [-0.25, -0.2) is 4.98 Å². The van der Waals surface area contributed by atoms with Crippen molar-refractivity contribution in [2.45, 2.75) is 0 Å². The van der Waals surface area contributed by atoms with Gasteiger partial charge >= 0.3 is 0 Å². The van der Waals surface area contributed by atoms with Gasteiger partial charge in [-0.3, -0.25) is 0 Å². The summed E-state index contributed by atoms with van der Waals surface area (Å²) in [6, 6.07) is 15.5. The molecule has 1 aromatic carbocycles. The minimum Gasteiger partial charge on any atom is -0.249 e. The zero-order valence-electron chi connectivity index (χ0n) is 7.40. The maximum absolute atomic E-state index is 5.57. The molecule has 0 atom stereocenters. The number of nitrogens with zero attached hydrogens (tertiary/aromatic N) is 1. The number of benzene rings is 1. The zero-order chi connectivity index (χ0) is 10.2. The van der Waals surface area contributed by atoms with Crippen LogP contribution in [-0.2, 0) is 0 Å². The first kappa shape index (κ1) is 11.2. The van der Waals surface area contributed by atoms with E-state index in [0.717, 1.165) is 4.60 Å². The fourth-order valence-electron chi connectivity index (χ4n) is 0.764. The second kappa shape index (κ2) is 6.57. The third-order valence-electron chi connectivity index (χ3n) is 1.36. The molecule has 0 aliphatic rings. The van der Waals surface area contributed by atoms with Crippen LogP contribution in [0.25, 0.3) is 0 Å². The van der Waals surface area contributed by atoms with Gasteiger partial charge in [0, 0.05) is 11.2 Å². The van der Waals surface area contributed by atoms with Crippen molar-refractivity contribution in [3.05, 3.63) is 64.4 Å². The van der Waals surface area contributed by atoms with Crippen LogP contribution in [0.2, 0.25) is 5.02 Å². The van der Waals surface area contributed by atoms with Gasteiger partial charge in [-0.2, -0.15) is 0 Å². The molecule has 0 amide bonds. The van der Waals surface area contributed by atoms with E-state index in [2.05, 4.69) is 20.9 Å². The third-order valence-corrected chi connectivity index (χ3v) is 2.02. The normalized spacial score (nSPS) is 8.71. The lowest BCUT2D eigenvalue weighted by molar-refractivity contribution is 1.28. The summed E-state index contributed by atoms with van der Waals surface area (Å²) in [6.07, 6.45) is 1.65. The molecule has 2 aromatic rings. The predicted octanol–water partition coefficient (Wildman–Crippen LogP) is 4.18. The Morgan fingerprint density at radius 2 is 1.50 bits per heavy atom. The van der Waals surface area contributed by atoms with Crippen LogP contribution in [0.5, 0.6) is 0 Å². The van der Waals surface area contributed by atoms with E-state index < -0.39 is 0 Å². The summed E-state index contributed by atoms with van der Waals surface area (Å²) >= 11 is 8.74. The summed E-state index contributed by atoms with van der Waals surface area (Å²) in [4.78, 5) is 3.87. The van der Waals surface area contributed by atoms with E-state index in [0.29, 0.717) is 5.02 Å². The Bertz CT molecular complexity index is 321. The van der Waals surface area contributed by atoms with E-state index in [-0.39, 0.29) is 0 Å². The summed E-state index contributed by atoms with van der Waals surface area (Å²) in [5.41, 5.74) is 0. The summed E-state index contributed by atoms with van der Waals surface area (Å²) < 4.78 is 0.769. The molecule has 0 aliphatic heterocycles. The van der Waals surface area contributed by atoms with Crippen molar-refractivity contribution in [1.82, 2.24) is 4.98 Å². The lowest BCUT2D eigenvalue weighted by Crippen LogP contribution is -1.69. The van der Waals surface area contributed by atoms with Crippen LogP contribution >= 0.6 is 27.5 Å². The van der Waals surface area contributed by atoms with Crippen molar-refractivity contribution in [2.75, 3.05) is 0 Å². The van der Waals surface area contributed by atoms with Gasteiger partial charge in [0.15, 0.2) is 0 Å². The van der Waals surface area contributed by atoms with Gasteiger partial charge in [0.1, 0.15) is 4.60 Å². The van der Waals surface area contributed by atoms with Crippen LogP contribution in [0.3, 0.4) is 0 Å². The summed E-state index contributed by atoms with van der Waals surface area (Å²) in [6.45, 7) is 0. The van der Waals surface area contributed by atoms with Crippen LogP contribution in [-0.4, -0.2) is 4.98 Å². The maximum atomic E-state index is 5.57. The zero-order valence-corrected chi connectivity index (χ0v) is 9.74. The Morgan fingerprint density at radius 3 is 1.79 bits per heavy atom. The fraction of sp³-hybridized carbons (Fsp3) is 0. The molecule has 1 heterocycles. The monoisotopic (exact) mass is 269 g/mol.